The lowest BCUT2D eigenvalue weighted by atomic mass is 10.1. The molecule has 2 heterocycles. The van der Waals surface area contributed by atoms with Crippen LogP contribution < -0.4 is 5.56 Å². The zero-order valence-corrected chi connectivity index (χ0v) is 8.60. The van der Waals surface area contributed by atoms with E-state index < -0.39 is 0 Å². The van der Waals surface area contributed by atoms with Crippen LogP contribution in [0.1, 0.15) is 29.4 Å². The van der Waals surface area contributed by atoms with Crippen molar-refractivity contribution in [3.05, 3.63) is 27.4 Å². The fourth-order valence-corrected chi connectivity index (χ4v) is 1.55. The second-order valence-electron chi connectivity index (χ2n) is 3.30. The van der Waals surface area contributed by atoms with Crippen LogP contribution in [-0.2, 0) is 17.8 Å². The van der Waals surface area contributed by atoms with Gasteiger partial charge in [-0.15, -0.1) is 11.6 Å². The summed E-state index contributed by atoms with van der Waals surface area (Å²) >= 11 is 5.85. The van der Waals surface area contributed by atoms with Gasteiger partial charge >= 0.3 is 0 Å². The molecule has 76 valence electrons. The molecule has 14 heavy (non-hydrogen) atoms. The molecule has 1 aliphatic heterocycles. The second kappa shape index (κ2) is 3.71. The normalized spacial score (nSPS) is 17.6. The summed E-state index contributed by atoms with van der Waals surface area (Å²) in [6, 6.07) is 0. The lowest BCUT2D eigenvalue weighted by Gasteiger charge is -2.15. The lowest BCUT2D eigenvalue weighted by molar-refractivity contribution is 0.108. The van der Waals surface area contributed by atoms with Crippen LogP contribution in [0.25, 0.3) is 0 Å². The number of nitrogens with one attached hydrogen (secondary N) is 1. The van der Waals surface area contributed by atoms with Crippen molar-refractivity contribution >= 4 is 11.6 Å². The first-order chi connectivity index (χ1) is 6.68. The smallest absolute Gasteiger partial charge is 0.256 e. The summed E-state index contributed by atoms with van der Waals surface area (Å²) in [5.74, 6) is 0.539. The Morgan fingerprint density at radius 1 is 1.64 bits per heavy atom. The highest BCUT2D eigenvalue weighted by atomic mass is 35.5. The summed E-state index contributed by atoms with van der Waals surface area (Å²) in [6.07, 6.45) is 0.690. The SMILES string of the molecule is CC(Cl)c1nc2c(c(=O)[nH]1)COCC2. The molecule has 5 heteroatoms. The van der Waals surface area contributed by atoms with Gasteiger partial charge in [0, 0.05) is 6.42 Å². The lowest BCUT2D eigenvalue weighted by Crippen LogP contribution is -2.25. The molecule has 2 rings (SSSR count). The molecule has 1 atom stereocenters. The first-order valence-electron chi connectivity index (χ1n) is 4.52. The van der Waals surface area contributed by atoms with Crippen LogP contribution in [0.3, 0.4) is 0 Å². The van der Waals surface area contributed by atoms with Gasteiger partial charge in [0.15, 0.2) is 0 Å². The summed E-state index contributed by atoms with van der Waals surface area (Å²) in [6.45, 7) is 2.76. The number of aromatic amines is 1. The van der Waals surface area contributed by atoms with Gasteiger partial charge in [-0.1, -0.05) is 0 Å². The molecule has 0 aromatic carbocycles. The van der Waals surface area contributed by atoms with E-state index in [0.717, 1.165) is 5.69 Å². The van der Waals surface area contributed by atoms with Crippen molar-refractivity contribution in [3.8, 4) is 0 Å². The highest BCUT2D eigenvalue weighted by molar-refractivity contribution is 6.20. The summed E-state index contributed by atoms with van der Waals surface area (Å²) in [5, 5.41) is -0.268. The van der Waals surface area contributed by atoms with E-state index in [9.17, 15) is 4.79 Å². The number of alkyl halides is 1. The zero-order valence-electron chi connectivity index (χ0n) is 7.84. The maximum Gasteiger partial charge on any atom is 0.256 e. The minimum absolute atomic E-state index is 0.128. The summed E-state index contributed by atoms with van der Waals surface area (Å²) < 4.78 is 5.18. The Hall–Kier alpha value is -0.870. The molecule has 0 radical (unpaired) electrons. The van der Waals surface area contributed by atoms with Gasteiger partial charge in [0.25, 0.3) is 5.56 Å². The number of ether oxygens (including phenoxy) is 1. The van der Waals surface area contributed by atoms with Crippen LogP contribution in [0.4, 0.5) is 0 Å². The highest BCUT2D eigenvalue weighted by Gasteiger charge is 2.17. The number of halogens is 1. The maximum atomic E-state index is 11.6. The molecule has 1 aromatic heterocycles. The summed E-state index contributed by atoms with van der Waals surface area (Å²) in [5.41, 5.74) is 1.33. The topological polar surface area (TPSA) is 55.0 Å². The van der Waals surface area contributed by atoms with Crippen LogP contribution in [0.15, 0.2) is 4.79 Å². The van der Waals surface area contributed by atoms with Crippen LogP contribution in [0.5, 0.6) is 0 Å². The Morgan fingerprint density at radius 2 is 2.43 bits per heavy atom. The quantitative estimate of drug-likeness (QED) is 0.714. The number of nitrogens with zero attached hydrogens (tertiary/aromatic N) is 1. The predicted octanol–water partition coefficient (Wildman–Crippen LogP) is 1.14. The number of aromatic nitrogens is 2. The monoisotopic (exact) mass is 214 g/mol. The molecule has 0 fully saturated rings. The zero-order chi connectivity index (χ0) is 10.1. The Bertz CT molecular complexity index is 400. The fourth-order valence-electron chi connectivity index (χ4n) is 1.45. The van der Waals surface area contributed by atoms with E-state index in [0.29, 0.717) is 31.0 Å². The van der Waals surface area contributed by atoms with Gasteiger partial charge in [0.05, 0.1) is 29.8 Å². The molecule has 1 unspecified atom stereocenters. The van der Waals surface area contributed by atoms with Crippen molar-refractivity contribution in [2.45, 2.75) is 25.3 Å². The van der Waals surface area contributed by atoms with E-state index >= 15 is 0 Å². The van der Waals surface area contributed by atoms with Crippen LogP contribution in [-0.4, -0.2) is 16.6 Å². The molecular formula is C9H11ClN2O2. The van der Waals surface area contributed by atoms with Gasteiger partial charge in [-0.3, -0.25) is 4.79 Å². The first kappa shape index (κ1) is 9.68. The molecule has 1 N–H and O–H groups in total. The predicted molar refractivity (Wildman–Crippen MR) is 52.5 cm³/mol. The van der Waals surface area contributed by atoms with Gasteiger partial charge in [-0.2, -0.15) is 0 Å². The number of rotatable bonds is 1. The summed E-state index contributed by atoms with van der Waals surface area (Å²) in [7, 11) is 0. The Kier molecular flexibility index (Phi) is 2.56. The molecule has 0 saturated heterocycles. The fraction of sp³-hybridized carbons (Fsp3) is 0.556. The average Bonchev–Trinajstić information content (AvgIpc) is 2.17. The molecule has 0 bridgehead atoms. The van der Waals surface area contributed by atoms with E-state index in [1.807, 2.05) is 0 Å². The molecule has 0 saturated carbocycles. The highest BCUT2D eigenvalue weighted by Crippen LogP contribution is 2.16. The molecule has 1 aromatic rings. The van der Waals surface area contributed by atoms with E-state index in [1.165, 1.54) is 0 Å². The van der Waals surface area contributed by atoms with E-state index in [-0.39, 0.29) is 10.9 Å². The van der Waals surface area contributed by atoms with E-state index in [4.69, 9.17) is 16.3 Å². The molecule has 0 spiro atoms. The van der Waals surface area contributed by atoms with Gasteiger partial charge < -0.3 is 9.72 Å². The first-order valence-corrected chi connectivity index (χ1v) is 4.96. The number of hydrogen-bond acceptors (Lipinski definition) is 3. The van der Waals surface area contributed by atoms with Crippen molar-refractivity contribution < 1.29 is 4.74 Å². The summed E-state index contributed by atoms with van der Waals surface area (Å²) in [4.78, 5) is 18.5. The average molecular weight is 215 g/mol. The van der Waals surface area contributed by atoms with Crippen molar-refractivity contribution in [2.75, 3.05) is 6.61 Å². The molecular weight excluding hydrogens is 204 g/mol. The van der Waals surface area contributed by atoms with Crippen molar-refractivity contribution in [2.24, 2.45) is 0 Å². The Morgan fingerprint density at radius 3 is 3.14 bits per heavy atom. The minimum Gasteiger partial charge on any atom is -0.376 e. The standard InChI is InChI=1S/C9H11ClN2O2/c1-5(10)8-11-7-2-3-14-4-6(7)9(13)12-8/h5H,2-4H2,1H3,(H,11,12,13). The Labute approximate surface area is 86.3 Å². The Balaban J connectivity index is 2.52. The van der Waals surface area contributed by atoms with Gasteiger partial charge in [-0.05, 0) is 6.92 Å². The number of hydrogen-bond donors (Lipinski definition) is 1. The van der Waals surface area contributed by atoms with Crippen molar-refractivity contribution in [3.63, 3.8) is 0 Å². The van der Waals surface area contributed by atoms with Crippen LogP contribution in [0.2, 0.25) is 0 Å². The van der Waals surface area contributed by atoms with Gasteiger partial charge in [-0.25, -0.2) is 4.98 Å². The third-order valence-electron chi connectivity index (χ3n) is 2.23. The van der Waals surface area contributed by atoms with Gasteiger partial charge in [0.2, 0.25) is 0 Å². The van der Waals surface area contributed by atoms with Crippen molar-refractivity contribution in [1.29, 1.82) is 0 Å². The molecule has 0 amide bonds. The van der Waals surface area contributed by atoms with Crippen LogP contribution in [0, 0.1) is 0 Å². The van der Waals surface area contributed by atoms with Crippen molar-refractivity contribution in [1.82, 2.24) is 9.97 Å². The maximum absolute atomic E-state index is 11.6. The largest absolute Gasteiger partial charge is 0.376 e. The van der Waals surface area contributed by atoms with Gasteiger partial charge in [0.1, 0.15) is 5.82 Å². The molecule has 0 aliphatic carbocycles. The second-order valence-corrected chi connectivity index (χ2v) is 3.95. The van der Waals surface area contributed by atoms with E-state index in [1.54, 1.807) is 6.92 Å². The minimum atomic E-state index is -0.268. The molecule has 1 aliphatic rings. The third-order valence-corrected chi connectivity index (χ3v) is 2.43. The van der Waals surface area contributed by atoms with E-state index in [2.05, 4.69) is 9.97 Å². The third kappa shape index (κ3) is 1.67. The molecule has 4 nitrogen and oxygen atoms in total. The van der Waals surface area contributed by atoms with Crippen LogP contribution >= 0.6 is 11.6 Å². The number of fused-ring (bicyclic) bond motifs is 1. The number of H-pyrrole nitrogens is 1.